The van der Waals surface area contributed by atoms with Gasteiger partial charge in [-0.3, -0.25) is 9.59 Å². The van der Waals surface area contributed by atoms with Gasteiger partial charge in [-0.05, 0) is 103 Å². The minimum atomic E-state index is -0.804. The van der Waals surface area contributed by atoms with Crippen molar-refractivity contribution in [2.45, 2.75) is 238 Å². The Balaban J connectivity index is 3.69. The van der Waals surface area contributed by atoms with Crippen LogP contribution in [0.25, 0.3) is 0 Å². The minimum Gasteiger partial charge on any atom is -0.462 e. The molecule has 0 bridgehead atoms. The lowest BCUT2D eigenvalue weighted by Crippen LogP contribution is -2.28. The third-order valence-corrected chi connectivity index (χ3v) is 11.6. The largest absolute Gasteiger partial charge is 0.462 e. The molecule has 0 aromatic heterocycles. The van der Waals surface area contributed by atoms with Gasteiger partial charge in [0.2, 0.25) is 0 Å². The molecule has 0 radical (unpaired) electrons. The summed E-state index contributed by atoms with van der Waals surface area (Å²) in [5.74, 6) is -0.646. The smallest absolute Gasteiger partial charge is 0.306 e. The van der Waals surface area contributed by atoms with Gasteiger partial charge >= 0.3 is 11.9 Å². The number of carbonyl (C=O) groups excluding carboxylic acids is 2. The Morgan fingerprint density at radius 3 is 0.929 bits per heavy atom. The van der Waals surface area contributed by atoms with Crippen LogP contribution in [-0.2, 0) is 19.1 Å². The summed E-state index contributed by atoms with van der Waals surface area (Å²) < 4.78 is 10.6. The van der Waals surface area contributed by atoms with Crippen LogP contribution < -0.4 is 0 Å². The van der Waals surface area contributed by atoms with Gasteiger partial charge < -0.3 is 14.6 Å². The molecular weight excluding hydrogens is 861 g/mol. The lowest BCUT2D eigenvalue weighted by molar-refractivity contribution is -0.161. The number of hydrogen-bond donors (Lipinski definition) is 1. The molecular formula is C65H104O5. The second kappa shape index (κ2) is 59.1. The van der Waals surface area contributed by atoms with E-state index in [9.17, 15) is 14.7 Å². The fourth-order valence-corrected chi connectivity index (χ4v) is 7.42. The highest BCUT2D eigenvalue weighted by Gasteiger charge is 2.16. The van der Waals surface area contributed by atoms with Crippen LogP contribution in [0.15, 0.2) is 146 Å². The maximum atomic E-state index is 12.3. The summed E-state index contributed by atoms with van der Waals surface area (Å²) in [7, 11) is 0. The Labute approximate surface area is 431 Å². The number of hydrogen-bond acceptors (Lipinski definition) is 5. The van der Waals surface area contributed by atoms with Gasteiger partial charge in [0.1, 0.15) is 6.61 Å². The predicted molar refractivity (Wildman–Crippen MR) is 306 cm³/mol. The van der Waals surface area contributed by atoms with Crippen molar-refractivity contribution < 1.29 is 24.2 Å². The first-order valence-electron chi connectivity index (χ1n) is 28.4. The highest BCUT2D eigenvalue weighted by atomic mass is 16.6. The third-order valence-electron chi connectivity index (χ3n) is 11.6. The van der Waals surface area contributed by atoms with Crippen LogP contribution in [0.3, 0.4) is 0 Å². The lowest BCUT2D eigenvalue weighted by Gasteiger charge is -2.15. The van der Waals surface area contributed by atoms with Gasteiger partial charge in [0.05, 0.1) is 6.61 Å². The molecule has 0 aromatic rings. The van der Waals surface area contributed by atoms with Gasteiger partial charge in [0.25, 0.3) is 0 Å². The Morgan fingerprint density at radius 2 is 0.614 bits per heavy atom. The van der Waals surface area contributed by atoms with Crippen LogP contribution in [0.5, 0.6) is 0 Å². The van der Waals surface area contributed by atoms with Crippen molar-refractivity contribution in [1.82, 2.24) is 0 Å². The fourth-order valence-electron chi connectivity index (χ4n) is 7.42. The van der Waals surface area contributed by atoms with E-state index >= 15 is 0 Å². The number of rotatable bonds is 50. The second-order valence-electron chi connectivity index (χ2n) is 18.3. The molecule has 0 rings (SSSR count). The van der Waals surface area contributed by atoms with Crippen molar-refractivity contribution in [3.8, 4) is 0 Å². The quantitative estimate of drug-likeness (QED) is 0.0374. The first-order valence-corrected chi connectivity index (χ1v) is 28.4. The average molecular weight is 966 g/mol. The van der Waals surface area contributed by atoms with Crippen LogP contribution in [0, 0.1) is 0 Å². The van der Waals surface area contributed by atoms with Gasteiger partial charge in [-0.15, -0.1) is 0 Å². The predicted octanol–water partition coefficient (Wildman–Crippen LogP) is 19.4. The summed E-state index contributed by atoms with van der Waals surface area (Å²) in [5, 5.41) is 9.63. The fraction of sp³-hybridized carbons (Fsp3) is 0.600. The summed E-state index contributed by atoms with van der Waals surface area (Å²) in [6.07, 6.45) is 89.6. The molecule has 1 unspecified atom stereocenters. The topological polar surface area (TPSA) is 72.8 Å². The maximum absolute atomic E-state index is 12.3. The Kier molecular flexibility index (Phi) is 55.5. The highest BCUT2D eigenvalue weighted by Crippen LogP contribution is 2.15. The lowest BCUT2D eigenvalue weighted by atomic mass is 10.0. The first kappa shape index (κ1) is 65.8. The second-order valence-corrected chi connectivity index (χ2v) is 18.3. The number of aliphatic hydroxyl groups excluding tert-OH is 1. The van der Waals surface area contributed by atoms with Gasteiger partial charge in [-0.2, -0.15) is 0 Å². The van der Waals surface area contributed by atoms with Gasteiger partial charge in [0.15, 0.2) is 6.10 Å². The van der Waals surface area contributed by atoms with E-state index in [2.05, 4.69) is 160 Å². The molecule has 0 saturated heterocycles. The number of allylic oxidation sites excluding steroid dienone is 24. The average Bonchev–Trinajstić information content (AvgIpc) is 3.36. The standard InChI is InChI=1S/C65H104O5/c1-3-5-7-9-11-13-15-17-19-21-22-23-24-25-26-27-28-29-30-31-32-33-34-35-36-37-38-39-40-41-42-44-46-48-50-52-54-56-58-60-65(68)70-63(61-66)62-69-64(67)59-57-55-53-51-49-47-45-43-20-18-16-14-12-10-8-6-4-2/h5,7,11,13,17,19,22-23,25-26,28-29,31-32,34-35,37-38,40-41,44,46,50,52,63,66H,3-4,6,8-10,12,14-16,18,20-21,24,27,30,33,36,39,42-43,45,47-49,51,53-62H2,1-2H3/b7-5-,13-11-,19-17-,23-22-,26-25-,29-28-,32-31-,35-34-,38-37-,41-40-,46-44-,52-50-. The number of aliphatic hydroxyl groups is 1. The molecule has 5 nitrogen and oxygen atoms in total. The maximum Gasteiger partial charge on any atom is 0.306 e. The molecule has 0 aliphatic carbocycles. The number of ether oxygens (including phenoxy) is 2. The zero-order chi connectivity index (χ0) is 50.6. The Morgan fingerprint density at radius 1 is 0.343 bits per heavy atom. The molecule has 0 amide bonds. The number of esters is 2. The van der Waals surface area contributed by atoms with Gasteiger partial charge in [-0.25, -0.2) is 0 Å². The van der Waals surface area contributed by atoms with Crippen molar-refractivity contribution >= 4 is 11.9 Å². The molecule has 5 heteroatoms. The molecule has 70 heavy (non-hydrogen) atoms. The molecule has 0 aliphatic heterocycles. The Bertz CT molecular complexity index is 1510. The minimum absolute atomic E-state index is 0.0896. The Hall–Kier alpha value is -4.22. The summed E-state index contributed by atoms with van der Waals surface area (Å²) in [6, 6.07) is 0. The highest BCUT2D eigenvalue weighted by molar-refractivity contribution is 5.70. The van der Waals surface area contributed by atoms with E-state index in [1.165, 1.54) is 89.9 Å². The SMILES string of the molecule is CC/C=C\C/C=C\C/C=C\C/C=C\C/C=C\C/C=C\C/C=C\C/C=C\C/C=C\C/C=C\C/C=C\C/C=C\CCCCC(=O)OC(CO)COC(=O)CCCCCCCCCCCCCCCCCCC. The molecule has 0 aromatic carbocycles. The summed E-state index contributed by atoms with van der Waals surface area (Å²) in [4.78, 5) is 24.5. The molecule has 0 saturated carbocycles. The van der Waals surface area contributed by atoms with Crippen LogP contribution >= 0.6 is 0 Å². The zero-order valence-electron chi connectivity index (χ0n) is 45.0. The molecule has 0 aliphatic rings. The van der Waals surface area contributed by atoms with E-state index < -0.39 is 6.10 Å². The van der Waals surface area contributed by atoms with Crippen molar-refractivity contribution in [3.63, 3.8) is 0 Å². The van der Waals surface area contributed by atoms with Crippen molar-refractivity contribution in [1.29, 1.82) is 0 Å². The van der Waals surface area contributed by atoms with Crippen LogP contribution in [0.2, 0.25) is 0 Å². The molecule has 1 N–H and O–H groups in total. The molecule has 1 atom stereocenters. The summed E-state index contributed by atoms with van der Waals surface area (Å²) >= 11 is 0. The molecule has 394 valence electrons. The summed E-state index contributed by atoms with van der Waals surface area (Å²) in [5.41, 5.74) is 0. The molecule has 0 fully saturated rings. The van der Waals surface area contributed by atoms with E-state index in [-0.39, 0.29) is 25.2 Å². The van der Waals surface area contributed by atoms with Crippen molar-refractivity contribution in [2.75, 3.05) is 13.2 Å². The first-order chi connectivity index (χ1) is 34.6. The summed E-state index contributed by atoms with van der Waals surface area (Å²) in [6.45, 7) is 3.99. The van der Waals surface area contributed by atoms with Crippen LogP contribution in [0.4, 0.5) is 0 Å². The van der Waals surface area contributed by atoms with E-state index in [1.807, 2.05) is 0 Å². The third kappa shape index (κ3) is 56.4. The molecule has 0 spiro atoms. The van der Waals surface area contributed by atoms with Gasteiger partial charge in [0, 0.05) is 12.8 Å². The van der Waals surface area contributed by atoms with E-state index in [0.717, 1.165) is 116 Å². The van der Waals surface area contributed by atoms with Gasteiger partial charge in [-0.1, -0.05) is 262 Å². The van der Waals surface area contributed by atoms with E-state index in [0.29, 0.717) is 12.8 Å². The molecule has 0 heterocycles. The van der Waals surface area contributed by atoms with E-state index in [1.54, 1.807) is 0 Å². The van der Waals surface area contributed by atoms with Crippen LogP contribution in [-0.4, -0.2) is 36.4 Å². The zero-order valence-corrected chi connectivity index (χ0v) is 45.0. The van der Waals surface area contributed by atoms with Crippen LogP contribution in [0.1, 0.15) is 232 Å². The number of carbonyl (C=O) groups is 2. The van der Waals surface area contributed by atoms with Crippen molar-refractivity contribution in [2.24, 2.45) is 0 Å². The normalized spacial score (nSPS) is 13.4. The van der Waals surface area contributed by atoms with Crippen molar-refractivity contribution in [3.05, 3.63) is 146 Å². The monoisotopic (exact) mass is 965 g/mol. The number of unbranched alkanes of at least 4 members (excludes halogenated alkanes) is 18. The van der Waals surface area contributed by atoms with E-state index in [4.69, 9.17) is 9.47 Å².